The zero-order valence-corrected chi connectivity index (χ0v) is 19.5. The molecule has 2 atom stereocenters. The molecule has 2 aromatic carbocycles. The predicted molar refractivity (Wildman–Crippen MR) is 125 cm³/mol. The maximum Gasteiger partial charge on any atom is 0.246 e. The number of ether oxygens (including phenoxy) is 1. The molecule has 0 aromatic heterocycles. The van der Waals surface area contributed by atoms with Crippen LogP contribution in [0, 0.1) is 0 Å². The second-order valence-corrected chi connectivity index (χ2v) is 8.85. The van der Waals surface area contributed by atoms with E-state index in [9.17, 15) is 9.59 Å². The lowest BCUT2D eigenvalue weighted by atomic mass is 10.0. The molecule has 1 aliphatic heterocycles. The molecular formula is C25H34N4O3. The molecule has 0 aliphatic carbocycles. The summed E-state index contributed by atoms with van der Waals surface area (Å²) in [4.78, 5) is 32.2. The van der Waals surface area contributed by atoms with E-state index >= 15 is 0 Å². The third kappa shape index (κ3) is 6.55. The summed E-state index contributed by atoms with van der Waals surface area (Å²) in [6.45, 7) is 1.75. The van der Waals surface area contributed by atoms with E-state index in [2.05, 4.69) is 10.2 Å². The number of carbonyl (C=O) groups excluding carboxylic acids is 2. The van der Waals surface area contributed by atoms with Crippen LogP contribution in [0.25, 0.3) is 0 Å². The van der Waals surface area contributed by atoms with E-state index in [4.69, 9.17) is 4.74 Å². The van der Waals surface area contributed by atoms with Crippen molar-refractivity contribution in [2.24, 2.45) is 0 Å². The van der Waals surface area contributed by atoms with Gasteiger partial charge in [0.15, 0.2) is 0 Å². The molecule has 1 N–H and O–H groups in total. The minimum absolute atomic E-state index is 0.0897. The highest BCUT2D eigenvalue weighted by atomic mass is 16.5. The van der Waals surface area contributed by atoms with Crippen molar-refractivity contribution >= 4 is 11.8 Å². The monoisotopic (exact) mass is 438 g/mol. The Labute approximate surface area is 190 Å². The number of rotatable bonds is 8. The normalized spacial score (nSPS) is 16.8. The first-order chi connectivity index (χ1) is 15.3. The van der Waals surface area contributed by atoms with Crippen LogP contribution in [0.2, 0.25) is 0 Å². The van der Waals surface area contributed by atoms with Crippen LogP contribution in [-0.4, -0.2) is 86.5 Å². The number of benzene rings is 2. The molecule has 0 saturated carbocycles. The van der Waals surface area contributed by atoms with Gasteiger partial charge in [-0.25, -0.2) is 0 Å². The van der Waals surface area contributed by atoms with E-state index in [1.807, 2.05) is 87.7 Å². The van der Waals surface area contributed by atoms with Crippen molar-refractivity contribution in [3.05, 3.63) is 65.7 Å². The number of amides is 2. The minimum Gasteiger partial charge on any atom is -0.491 e. The summed E-state index contributed by atoms with van der Waals surface area (Å²) in [6, 6.07) is 16.9. The lowest BCUT2D eigenvalue weighted by molar-refractivity contribution is -0.139. The summed E-state index contributed by atoms with van der Waals surface area (Å²) in [5.41, 5.74) is 1.98. The zero-order valence-electron chi connectivity index (χ0n) is 19.5. The van der Waals surface area contributed by atoms with Gasteiger partial charge in [-0.15, -0.1) is 0 Å². The molecule has 32 heavy (non-hydrogen) atoms. The number of fused-ring (bicyclic) bond motifs is 1. The van der Waals surface area contributed by atoms with E-state index < -0.39 is 6.04 Å². The van der Waals surface area contributed by atoms with Crippen LogP contribution in [0.15, 0.2) is 54.6 Å². The van der Waals surface area contributed by atoms with Crippen LogP contribution >= 0.6 is 0 Å². The molecule has 1 heterocycles. The third-order valence-electron chi connectivity index (χ3n) is 5.42. The van der Waals surface area contributed by atoms with Gasteiger partial charge in [-0.3, -0.25) is 9.59 Å². The molecular weight excluding hydrogens is 404 g/mol. The van der Waals surface area contributed by atoms with Crippen LogP contribution in [0.1, 0.15) is 11.1 Å². The van der Waals surface area contributed by atoms with Crippen molar-refractivity contribution in [3.63, 3.8) is 0 Å². The lowest BCUT2D eigenvalue weighted by Crippen LogP contribution is -2.56. The van der Waals surface area contributed by atoms with E-state index in [0.29, 0.717) is 26.1 Å². The second kappa shape index (κ2) is 11.1. The van der Waals surface area contributed by atoms with Crippen LogP contribution in [0.3, 0.4) is 0 Å². The molecule has 7 nitrogen and oxygen atoms in total. The molecule has 0 bridgehead atoms. The van der Waals surface area contributed by atoms with Gasteiger partial charge in [-0.05, 0) is 39.8 Å². The van der Waals surface area contributed by atoms with Crippen molar-refractivity contribution in [3.8, 4) is 5.75 Å². The van der Waals surface area contributed by atoms with Crippen molar-refractivity contribution in [2.75, 3.05) is 47.9 Å². The second-order valence-electron chi connectivity index (χ2n) is 8.85. The molecule has 1 aliphatic rings. The smallest absolute Gasteiger partial charge is 0.246 e. The van der Waals surface area contributed by atoms with Gasteiger partial charge in [-0.2, -0.15) is 0 Å². The quantitative estimate of drug-likeness (QED) is 0.679. The average Bonchev–Trinajstić information content (AvgIpc) is 2.92. The first-order valence-corrected chi connectivity index (χ1v) is 11.0. The molecule has 7 heteroatoms. The summed E-state index contributed by atoms with van der Waals surface area (Å²) in [5.74, 6) is 0.552. The molecule has 0 spiro atoms. The highest BCUT2D eigenvalue weighted by Gasteiger charge is 2.34. The van der Waals surface area contributed by atoms with Crippen molar-refractivity contribution in [2.45, 2.75) is 25.0 Å². The van der Waals surface area contributed by atoms with E-state index in [1.165, 1.54) is 0 Å². The van der Waals surface area contributed by atoms with Gasteiger partial charge in [0.25, 0.3) is 0 Å². The Bertz CT molecular complexity index is 901. The van der Waals surface area contributed by atoms with Gasteiger partial charge in [-0.1, -0.05) is 48.5 Å². The van der Waals surface area contributed by atoms with Gasteiger partial charge < -0.3 is 24.8 Å². The number of nitrogens with zero attached hydrogens (tertiary/aromatic N) is 3. The zero-order chi connectivity index (χ0) is 23.1. The molecule has 172 valence electrons. The molecule has 3 rings (SSSR count). The Morgan fingerprint density at radius 3 is 2.41 bits per heavy atom. The molecule has 0 radical (unpaired) electrons. The van der Waals surface area contributed by atoms with E-state index in [0.717, 1.165) is 16.9 Å². The predicted octanol–water partition coefficient (Wildman–Crippen LogP) is 1.63. The molecule has 2 amide bonds. The number of hydrogen-bond donors (Lipinski definition) is 1. The van der Waals surface area contributed by atoms with Crippen LogP contribution in [0.5, 0.6) is 5.75 Å². The van der Waals surface area contributed by atoms with Crippen LogP contribution in [0.4, 0.5) is 0 Å². The fourth-order valence-corrected chi connectivity index (χ4v) is 3.97. The van der Waals surface area contributed by atoms with Crippen molar-refractivity contribution < 1.29 is 14.3 Å². The number of carbonyl (C=O) groups is 2. The first kappa shape index (κ1) is 23.8. The van der Waals surface area contributed by atoms with Gasteiger partial charge in [0.05, 0.1) is 12.6 Å². The SMILES string of the molecule is CN(C)CC(=O)N[C@H](Cc1ccccc1)C(=O)N1Cc2ccccc2OC[C@@H]1CN(C)C. The first-order valence-electron chi connectivity index (χ1n) is 11.0. The number of hydrogen-bond acceptors (Lipinski definition) is 5. The number of nitrogens with one attached hydrogen (secondary N) is 1. The van der Waals surface area contributed by atoms with E-state index in [-0.39, 0.29) is 24.4 Å². The fraction of sp³-hybridized carbons (Fsp3) is 0.440. The average molecular weight is 439 g/mol. The maximum absolute atomic E-state index is 13.9. The fourth-order valence-electron chi connectivity index (χ4n) is 3.97. The molecule has 0 unspecified atom stereocenters. The van der Waals surface area contributed by atoms with Crippen LogP contribution in [-0.2, 0) is 22.6 Å². The lowest BCUT2D eigenvalue weighted by Gasteiger charge is -2.34. The van der Waals surface area contributed by atoms with Gasteiger partial charge in [0.1, 0.15) is 18.4 Å². The Morgan fingerprint density at radius 2 is 1.72 bits per heavy atom. The number of likely N-dealkylation sites (N-methyl/N-ethyl adjacent to an activating group) is 2. The number of para-hydroxylation sites is 1. The minimum atomic E-state index is -0.653. The Hall–Kier alpha value is -2.90. The molecule has 0 saturated heterocycles. The summed E-state index contributed by atoms with van der Waals surface area (Å²) < 4.78 is 6.06. The topological polar surface area (TPSA) is 65.1 Å². The van der Waals surface area contributed by atoms with Crippen molar-refractivity contribution in [1.29, 1.82) is 0 Å². The largest absolute Gasteiger partial charge is 0.491 e. The maximum atomic E-state index is 13.9. The Balaban J connectivity index is 1.89. The molecule has 2 aromatic rings. The highest BCUT2D eigenvalue weighted by molar-refractivity contribution is 5.89. The standard InChI is InChI=1S/C25H34N4O3/c1-27(2)16-21-18-32-23-13-9-8-12-20(23)15-29(21)25(31)22(26-24(30)17-28(3)4)14-19-10-6-5-7-11-19/h5-13,21-22H,14-18H2,1-4H3,(H,26,30)/t21-,22+/m0/s1. The summed E-state index contributed by atoms with van der Waals surface area (Å²) in [5, 5.41) is 2.99. The van der Waals surface area contributed by atoms with Crippen LogP contribution < -0.4 is 10.1 Å². The summed E-state index contributed by atoms with van der Waals surface area (Å²) in [7, 11) is 7.65. The van der Waals surface area contributed by atoms with Crippen molar-refractivity contribution in [1.82, 2.24) is 20.0 Å². The summed E-state index contributed by atoms with van der Waals surface area (Å²) in [6.07, 6.45) is 0.437. The Morgan fingerprint density at radius 1 is 1.03 bits per heavy atom. The van der Waals surface area contributed by atoms with E-state index in [1.54, 1.807) is 4.90 Å². The third-order valence-corrected chi connectivity index (χ3v) is 5.42. The van der Waals surface area contributed by atoms with Gasteiger partial charge >= 0.3 is 0 Å². The Kier molecular flexibility index (Phi) is 8.25. The summed E-state index contributed by atoms with van der Waals surface area (Å²) >= 11 is 0. The molecule has 0 fully saturated rings. The van der Waals surface area contributed by atoms with Gasteiger partial charge in [0, 0.05) is 25.1 Å². The van der Waals surface area contributed by atoms with Gasteiger partial charge in [0.2, 0.25) is 11.8 Å². The highest BCUT2D eigenvalue weighted by Crippen LogP contribution is 2.26.